The molecule has 0 saturated carbocycles. The van der Waals surface area contributed by atoms with E-state index in [0.29, 0.717) is 5.56 Å². The lowest BCUT2D eigenvalue weighted by atomic mass is 9.91. The molecule has 1 N–H and O–H groups in total. The zero-order valence-electron chi connectivity index (χ0n) is 17.3. The standard InChI is InChI=1S/C23H29N5O/c1-24-22(29)19-14-25-23(26-15-19)28-12-10-17(11-13-28)6-5-7-18-16-27(2)21-9-4-3-8-20(18)21/h3-4,8-9,14-17H,5-7,10-13H2,1-2H3,(H,24,29). The zero-order chi connectivity index (χ0) is 20.2. The van der Waals surface area contributed by atoms with Crippen LogP contribution in [-0.2, 0) is 13.5 Å². The third-order valence-corrected chi connectivity index (χ3v) is 6.06. The highest BCUT2D eigenvalue weighted by Crippen LogP contribution is 2.27. The topological polar surface area (TPSA) is 63.1 Å². The molecular formula is C23H29N5O. The molecule has 6 heteroatoms. The maximum atomic E-state index is 11.6. The molecule has 2 aromatic heterocycles. The van der Waals surface area contributed by atoms with Crippen LogP contribution in [0.1, 0.15) is 41.6 Å². The molecule has 6 nitrogen and oxygen atoms in total. The van der Waals surface area contributed by atoms with Gasteiger partial charge in [-0.3, -0.25) is 4.79 Å². The Morgan fingerprint density at radius 1 is 1.17 bits per heavy atom. The second-order valence-electron chi connectivity index (χ2n) is 7.96. The van der Waals surface area contributed by atoms with Crippen molar-refractivity contribution in [2.75, 3.05) is 25.0 Å². The number of aryl methyl sites for hydroxylation is 2. The van der Waals surface area contributed by atoms with Gasteiger partial charge in [-0.25, -0.2) is 9.97 Å². The number of aromatic nitrogens is 3. The van der Waals surface area contributed by atoms with E-state index in [1.807, 2.05) is 0 Å². The molecule has 1 amide bonds. The van der Waals surface area contributed by atoms with E-state index in [1.165, 1.54) is 42.1 Å². The van der Waals surface area contributed by atoms with Crippen LogP contribution in [0.2, 0.25) is 0 Å². The zero-order valence-corrected chi connectivity index (χ0v) is 17.3. The molecule has 3 heterocycles. The molecule has 0 aliphatic carbocycles. The summed E-state index contributed by atoms with van der Waals surface area (Å²) in [5, 5.41) is 3.99. The molecule has 152 valence electrons. The molecule has 0 unspecified atom stereocenters. The Hall–Kier alpha value is -2.89. The van der Waals surface area contributed by atoms with E-state index >= 15 is 0 Å². The molecule has 1 aliphatic heterocycles. The van der Waals surface area contributed by atoms with Gasteiger partial charge in [0.15, 0.2) is 0 Å². The van der Waals surface area contributed by atoms with Gasteiger partial charge in [-0.2, -0.15) is 0 Å². The van der Waals surface area contributed by atoms with Gasteiger partial charge in [-0.05, 0) is 49.7 Å². The number of piperidine rings is 1. The van der Waals surface area contributed by atoms with Crippen molar-refractivity contribution in [1.29, 1.82) is 0 Å². The molecule has 0 radical (unpaired) electrons. The average molecular weight is 392 g/mol. The van der Waals surface area contributed by atoms with Crippen LogP contribution in [0, 0.1) is 5.92 Å². The van der Waals surface area contributed by atoms with Crippen LogP contribution in [0.5, 0.6) is 0 Å². The third-order valence-electron chi connectivity index (χ3n) is 6.06. The van der Waals surface area contributed by atoms with Crippen molar-refractivity contribution >= 4 is 22.8 Å². The quantitative estimate of drug-likeness (QED) is 0.698. The van der Waals surface area contributed by atoms with E-state index in [4.69, 9.17) is 0 Å². The molecular weight excluding hydrogens is 362 g/mol. The van der Waals surface area contributed by atoms with Crippen LogP contribution in [0.3, 0.4) is 0 Å². The van der Waals surface area contributed by atoms with Crippen LogP contribution in [-0.4, -0.2) is 40.6 Å². The molecule has 3 aromatic rings. The number of hydrogen-bond acceptors (Lipinski definition) is 4. The number of benzene rings is 1. The predicted octanol–water partition coefficient (Wildman–Crippen LogP) is 3.57. The number of anilines is 1. The summed E-state index contributed by atoms with van der Waals surface area (Å²) in [6.07, 6.45) is 11.5. The second kappa shape index (κ2) is 8.64. The van der Waals surface area contributed by atoms with Gasteiger partial charge in [0.2, 0.25) is 5.95 Å². The summed E-state index contributed by atoms with van der Waals surface area (Å²) in [5.74, 6) is 1.35. The minimum Gasteiger partial charge on any atom is -0.355 e. The van der Waals surface area contributed by atoms with E-state index in [1.54, 1.807) is 19.4 Å². The van der Waals surface area contributed by atoms with Gasteiger partial charge in [0.1, 0.15) is 0 Å². The molecule has 1 saturated heterocycles. The van der Waals surface area contributed by atoms with E-state index < -0.39 is 0 Å². The number of nitrogens with zero attached hydrogens (tertiary/aromatic N) is 4. The van der Waals surface area contributed by atoms with Crippen LogP contribution in [0.15, 0.2) is 42.9 Å². The fourth-order valence-corrected chi connectivity index (χ4v) is 4.37. The molecule has 1 fully saturated rings. The lowest BCUT2D eigenvalue weighted by Gasteiger charge is -2.32. The Labute approximate surface area is 172 Å². The van der Waals surface area contributed by atoms with Crippen LogP contribution in [0.4, 0.5) is 5.95 Å². The van der Waals surface area contributed by atoms with Crippen molar-refractivity contribution in [1.82, 2.24) is 19.9 Å². The van der Waals surface area contributed by atoms with Gasteiger partial charge in [-0.15, -0.1) is 0 Å². The minimum atomic E-state index is -0.151. The highest BCUT2D eigenvalue weighted by atomic mass is 16.1. The number of carbonyl (C=O) groups is 1. The van der Waals surface area contributed by atoms with Crippen molar-refractivity contribution in [3.63, 3.8) is 0 Å². The lowest BCUT2D eigenvalue weighted by molar-refractivity contribution is 0.0962. The summed E-state index contributed by atoms with van der Waals surface area (Å²) in [5.41, 5.74) is 3.28. The number of carbonyl (C=O) groups excluding carboxylic acids is 1. The Bertz CT molecular complexity index is 971. The van der Waals surface area contributed by atoms with Gasteiger partial charge < -0.3 is 14.8 Å². The summed E-state index contributed by atoms with van der Waals surface area (Å²) in [6.45, 7) is 1.97. The first-order valence-corrected chi connectivity index (χ1v) is 10.5. The molecule has 0 bridgehead atoms. The van der Waals surface area contributed by atoms with Crippen molar-refractivity contribution < 1.29 is 4.79 Å². The predicted molar refractivity (Wildman–Crippen MR) is 116 cm³/mol. The first-order chi connectivity index (χ1) is 14.2. The molecule has 4 rings (SSSR count). The van der Waals surface area contributed by atoms with E-state index in [2.05, 4.69) is 62.3 Å². The van der Waals surface area contributed by atoms with Crippen LogP contribution >= 0.6 is 0 Å². The maximum absolute atomic E-state index is 11.6. The highest BCUT2D eigenvalue weighted by Gasteiger charge is 2.21. The first-order valence-electron chi connectivity index (χ1n) is 10.5. The van der Waals surface area contributed by atoms with Gasteiger partial charge in [0, 0.05) is 56.7 Å². The minimum absolute atomic E-state index is 0.151. The Morgan fingerprint density at radius 2 is 1.90 bits per heavy atom. The van der Waals surface area contributed by atoms with Gasteiger partial charge >= 0.3 is 0 Å². The Kier molecular flexibility index (Phi) is 5.79. The summed E-state index contributed by atoms with van der Waals surface area (Å²) in [4.78, 5) is 22.6. The molecule has 0 atom stereocenters. The number of para-hydroxylation sites is 1. The van der Waals surface area contributed by atoms with Crippen molar-refractivity contribution in [3.8, 4) is 0 Å². The molecule has 1 aliphatic rings. The lowest BCUT2D eigenvalue weighted by Crippen LogP contribution is -2.35. The number of amides is 1. The summed E-state index contributed by atoms with van der Waals surface area (Å²) >= 11 is 0. The third kappa shape index (κ3) is 4.26. The fourth-order valence-electron chi connectivity index (χ4n) is 4.37. The van der Waals surface area contributed by atoms with E-state index in [0.717, 1.165) is 31.4 Å². The number of hydrogen-bond donors (Lipinski definition) is 1. The molecule has 29 heavy (non-hydrogen) atoms. The maximum Gasteiger partial charge on any atom is 0.254 e. The number of fused-ring (bicyclic) bond motifs is 1. The second-order valence-corrected chi connectivity index (χ2v) is 7.96. The summed E-state index contributed by atoms with van der Waals surface area (Å²) in [6, 6.07) is 8.66. The van der Waals surface area contributed by atoms with Crippen LogP contribution in [0.25, 0.3) is 10.9 Å². The fraction of sp³-hybridized carbons (Fsp3) is 0.435. The number of rotatable bonds is 6. The van der Waals surface area contributed by atoms with Crippen LogP contribution < -0.4 is 10.2 Å². The largest absolute Gasteiger partial charge is 0.355 e. The summed E-state index contributed by atoms with van der Waals surface area (Å²) < 4.78 is 2.23. The smallest absolute Gasteiger partial charge is 0.254 e. The Balaban J connectivity index is 1.26. The van der Waals surface area contributed by atoms with E-state index in [9.17, 15) is 4.79 Å². The molecule has 1 aromatic carbocycles. The summed E-state index contributed by atoms with van der Waals surface area (Å²) in [7, 11) is 3.74. The van der Waals surface area contributed by atoms with Gasteiger partial charge in [-0.1, -0.05) is 18.2 Å². The van der Waals surface area contributed by atoms with E-state index in [-0.39, 0.29) is 5.91 Å². The Morgan fingerprint density at radius 3 is 2.62 bits per heavy atom. The number of nitrogens with one attached hydrogen (secondary N) is 1. The highest BCUT2D eigenvalue weighted by molar-refractivity contribution is 5.93. The first kappa shape index (κ1) is 19.4. The monoisotopic (exact) mass is 391 g/mol. The van der Waals surface area contributed by atoms with Crippen molar-refractivity contribution in [2.24, 2.45) is 13.0 Å². The average Bonchev–Trinajstić information content (AvgIpc) is 3.10. The van der Waals surface area contributed by atoms with Crippen molar-refractivity contribution in [2.45, 2.75) is 32.1 Å². The van der Waals surface area contributed by atoms with Gasteiger partial charge in [0.05, 0.1) is 5.56 Å². The van der Waals surface area contributed by atoms with Crippen molar-refractivity contribution in [3.05, 3.63) is 54.0 Å². The molecule has 0 spiro atoms. The normalized spacial score (nSPS) is 15.0. The van der Waals surface area contributed by atoms with Gasteiger partial charge in [0.25, 0.3) is 5.91 Å². The SMILES string of the molecule is CNC(=O)c1cnc(N2CCC(CCCc3cn(C)c4ccccc34)CC2)nc1.